The van der Waals surface area contributed by atoms with Gasteiger partial charge in [-0.25, -0.2) is 4.63 Å². The highest BCUT2D eigenvalue weighted by Crippen LogP contribution is 2.11. The van der Waals surface area contributed by atoms with E-state index in [-0.39, 0.29) is 0 Å². The van der Waals surface area contributed by atoms with E-state index in [9.17, 15) is 0 Å². The molecule has 2 heterocycles. The largest absolute Gasteiger partial charge is 0.310 e. The lowest BCUT2D eigenvalue weighted by molar-refractivity contribution is 0.315. The summed E-state index contributed by atoms with van der Waals surface area (Å²) in [6.07, 6.45) is 4.83. The Labute approximate surface area is 116 Å². The number of fused-ring (bicyclic) bond motifs is 1. The van der Waals surface area contributed by atoms with Crippen LogP contribution in [0.5, 0.6) is 0 Å². The van der Waals surface area contributed by atoms with Crippen LogP contribution >= 0.6 is 0 Å². The van der Waals surface area contributed by atoms with Crippen LogP contribution in [-0.2, 0) is 13.1 Å². The lowest BCUT2D eigenvalue weighted by Crippen LogP contribution is -2.26. The Kier molecular flexibility index (Phi) is 3.73. The van der Waals surface area contributed by atoms with Gasteiger partial charge in [-0.1, -0.05) is 6.07 Å². The maximum absolute atomic E-state index is 4.70. The number of benzene rings is 1. The number of aryl methyl sites for hydroxylation is 1. The van der Waals surface area contributed by atoms with Crippen molar-refractivity contribution in [3.05, 3.63) is 42.2 Å². The minimum absolute atomic E-state index is 0.422. The van der Waals surface area contributed by atoms with Gasteiger partial charge in [-0.15, -0.1) is 0 Å². The van der Waals surface area contributed by atoms with Gasteiger partial charge in [0.1, 0.15) is 11.0 Å². The molecule has 0 aliphatic heterocycles. The summed E-state index contributed by atoms with van der Waals surface area (Å²) in [6.45, 7) is 3.91. The first-order valence-electron chi connectivity index (χ1n) is 6.73. The smallest absolute Gasteiger partial charge is 0.135 e. The highest BCUT2D eigenvalue weighted by atomic mass is 16.6. The zero-order valence-electron chi connectivity index (χ0n) is 11.4. The van der Waals surface area contributed by atoms with Gasteiger partial charge < -0.3 is 5.32 Å². The summed E-state index contributed by atoms with van der Waals surface area (Å²) < 4.78 is 6.65. The van der Waals surface area contributed by atoms with Gasteiger partial charge in [0, 0.05) is 31.5 Å². The Morgan fingerprint density at radius 1 is 1.30 bits per heavy atom. The standard InChI is InChI=1S/C14H17N5O/c1-11(5-8-19-7-2-6-16-19)15-10-12-3-4-13-14(9-12)18-20-17-13/h2-4,6-7,9,11,15H,5,8,10H2,1H3/t11-/m1/s1. The number of hydrogen-bond donors (Lipinski definition) is 1. The minimum Gasteiger partial charge on any atom is -0.310 e. The lowest BCUT2D eigenvalue weighted by Gasteiger charge is -2.13. The Morgan fingerprint density at radius 2 is 2.20 bits per heavy atom. The summed E-state index contributed by atoms with van der Waals surface area (Å²) in [5.41, 5.74) is 2.77. The van der Waals surface area contributed by atoms with E-state index in [2.05, 4.69) is 27.7 Å². The molecule has 3 aromatic rings. The normalized spacial score (nSPS) is 12.8. The quantitative estimate of drug-likeness (QED) is 0.742. The van der Waals surface area contributed by atoms with E-state index in [1.54, 1.807) is 6.20 Å². The molecule has 0 aliphatic carbocycles. The molecule has 1 N–H and O–H groups in total. The van der Waals surface area contributed by atoms with Crippen molar-refractivity contribution in [2.75, 3.05) is 0 Å². The molecule has 1 atom stereocenters. The number of hydrogen-bond acceptors (Lipinski definition) is 5. The van der Waals surface area contributed by atoms with Crippen LogP contribution in [0.4, 0.5) is 0 Å². The third-order valence-electron chi connectivity index (χ3n) is 3.32. The highest BCUT2D eigenvalue weighted by molar-refractivity contribution is 5.73. The second kappa shape index (κ2) is 5.83. The molecule has 6 heteroatoms. The molecule has 1 aromatic carbocycles. The topological polar surface area (TPSA) is 68.8 Å². The molecule has 0 aliphatic rings. The van der Waals surface area contributed by atoms with Crippen molar-refractivity contribution < 1.29 is 4.63 Å². The summed E-state index contributed by atoms with van der Waals surface area (Å²) in [7, 11) is 0. The number of rotatable bonds is 6. The number of aromatic nitrogens is 4. The molecule has 0 amide bonds. The molecule has 20 heavy (non-hydrogen) atoms. The molecule has 6 nitrogen and oxygen atoms in total. The Hall–Kier alpha value is -2.21. The van der Waals surface area contributed by atoms with Crippen molar-refractivity contribution in [3.63, 3.8) is 0 Å². The molecule has 0 fully saturated rings. The van der Waals surface area contributed by atoms with Crippen LogP contribution in [0.25, 0.3) is 11.0 Å². The van der Waals surface area contributed by atoms with Gasteiger partial charge in [0.2, 0.25) is 0 Å². The Balaban J connectivity index is 1.50. The maximum Gasteiger partial charge on any atom is 0.135 e. The van der Waals surface area contributed by atoms with Crippen molar-refractivity contribution in [2.24, 2.45) is 0 Å². The fourth-order valence-corrected chi connectivity index (χ4v) is 2.09. The first kappa shape index (κ1) is 12.8. The van der Waals surface area contributed by atoms with Gasteiger partial charge in [0.25, 0.3) is 0 Å². The zero-order valence-corrected chi connectivity index (χ0v) is 11.4. The summed E-state index contributed by atoms with van der Waals surface area (Å²) >= 11 is 0. The predicted molar refractivity (Wildman–Crippen MR) is 74.9 cm³/mol. The first-order valence-corrected chi connectivity index (χ1v) is 6.73. The van der Waals surface area contributed by atoms with E-state index in [0.717, 1.165) is 30.5 Å². The molecule has 0 spiro atoms. The first-order chi connectivity index (χ1) is 9.81. The molecule has 0 radical (unpaired) electrons. The average Bonchev–Trinajstić information content (AvgIpc) is 3.13. The van der Waals surface area contributed by atoms with Gasteiger partial charge in [-0.3, -0.25) is 4.68 Å². The molecule has 0 unspecified atom stereocenters. The van der Waals surface area contributed by atoms with Crippen molar-refractivity contribution in [1.82, 2.24) is 25.4 Å². The predicted octanol–water partition coefficient (Wildman–Crippen LogP) is 1.99. The van der Waals surface area contributed by atoms with Crippen LogP contribution < -0.4 is 5.32 Å². The minimum atomic E-state index is 0.422. The molecular weight excluding hydrogens is 254 g/mol. The van der Waals surface area contributed by atoms with Crippen LogP contribution in [0.15, 0.2) is 41.3 Å². The van der Waals surface area contributed by atoms with Crippen LogP contribution in [0.3, 0.4) is 0 Å². The molecule has 0 bridgehead atoms. The van der Waals surface area contributed by atoms with Crippen LogP contribution in [0.2, 0.25) is 0 Å². The van der Waals surface area contributed by atoms with E-state index < -0.39 is 0 Å². The van der Waals surface area contributed by atoms with Crippen molar-refractivity contribution in [2.45, 2.75) is 32.5 Å². The fraction of sp³-hybridized carbons (Fsp3) is 0.357. The Morgan fingerprint density at radius 3 is 3.05 bits per heavy atom. The third-order valence-corrected chi connectivity index (χ3v) is 3.32. The Bertz CT molecular complexity index is 661. The van der Waals surface area contributed by atoms with Crippen molar-refractivity contribution in [3.8, 4) is 0 Å². The van der Waals surface area contributed by atoms with Gasteiger partial charge in [0.05, 0.1) is 0 Å². The van der Waals surface area contributed by atoms with Crippen LogP contribution in [0.1, 0.15) is 18.9 Å². The second-order valence-corrected chi connectivity index (χ2v) is 4.93. The van der Waals surface area contributed by atoms with E-state index in [4.69, 9.17) is 4.63 Å². The number of nitrogens with zero attached hydrogens (tertiary/aromatic N) is 4. The molecule has 3 rings (SSSR count). The molecule has 0 saturated carbocycles. The third kappa shape index (κ3) is 3.03. The van der Waals surface area contributed by atoms with E-state index in [1.807, 2.05) is 35.1 Å². The van der Waals surface area contributed by atoms with Crippen molar-refractivity contribution in [1.29, 1.82) is 0 Å². The zero-order chi connectivity index (χ0) is 13.8. The summed E-state index contributed by atoms with van der Waals surface area (Å²) in [4.78, 5) is 0. The lowest BCUT2D eigenvalue weighted by atomic mass is 10.1. The summed E-state index contributed by atoms with van der Waals surface area (Å²) in [6, 6.07) is 8.33. The molecule has 104 valence electrons. The van der Waals surface area contributed by atoms with Gasteiger partial charge in [-0.05, 0) is 47.4 Å². The van der Waals surface area contributed by atoms with Crippen LogP contribution in [0, 0.1) is 0 Å². The van der Waals surface area contributed by atoms with Crippen LogP contribution in [-0.4, -0.2) is 26.1 Å². The summed E-state index contributed by atoms with van der Waals surface area (Å²) in [5, 5.41) is 15.3. The van der Waals surface area contributed by atoms with Gasteiger partial charge in [-0.2, -0.15) is 5.10 Å². The van der Waals surface area contributed by atoms with Gasteiger partial charge >= 0.3 is 0 Å². The summed E-state index contributed by atoms with van der Waals surface area (Å²) in [5.74, 6) is 0. The molecule has 2 aromatic heterocycles. The number of nitrogens with one attached hydrogen (secondary N) is 1. The average molecular weight is 271 g/mol. The monoisotopic (exact) mass is 271 g/mol. The second-order valence-electron chi connectivity index (χ2n) is 4.93. The van der Waals surface area contributed by atoms with Crippen molar-refractivity contribution >= 4 is 11.0 Å². The van der Waals surface area contributed by atoms with Gasteiger partial charge in [0.15, 0.2) is 0 Å². The van der Waals surface area contributed by atoms with E-state index in [0.29, 0.717) is 6.04 Å². The SMILES string of the molecule is C[C@H](CCn1cccn1)NCc1ccc2nonc2c1. The maximum atomic E-state index is 4.70. The van der Waals surface area contributed by atoms with E-state index >= 15 is 0 Å². The fourth-order valence-electron chi connectivity index (χ4n) is 2.09. The molecule has 0 saturated heterocycles. The molecular formula is C14H17N5O. The highest BCUT2D eigenvalue weighted by Gasteiger charge is 2.05. The van der Waals surface area contributed by atoms with E-state index in [1.165, 1.54) is 5.56 Å².